The first kappa shape index (κ1) is 20.5. The minimum atomic E-state index is -0.545. The fourth-order valence-corrected chi connectivity index (χ4v) is 3.49. The van der Waals surface area contributed by atoms with Crippen molar-refractivity contribution in [3.63, 3.8) is 0 Å². The van der Waals surface area contributed by atoms with E-state index in [4.69, 9.17) is 4.42 Å². The van der Waals surface area contributed by atoms with Crippen molar-refractivity contribution >= 4 is 10.9 Å². The molecule has 1 heterocycles. The first-order valence-electron chi connectivity index (χ1n) is 10.4. The van der Waals surface area contributed by atoms with Gasteiger partial charge in [-0.25, -0.2) is 9.59 Å². The lowest BCUT2D eigenvalue weighted by atomic mass is 10.1. The topological polar surface area (TPSA) is 52.2 Å². The number of unbranched alkanes of at least 4 members (excludes halogenated alkanes) is 11. The highest BCUT2D eigenvalue weighted by atomic mass is 16.4. The maximum atomic E-state index is 12.0. The van der Waals surface area contributed by atoms with Crippen LogP contribution in [0, 0.1) is 0 Å². The number of fused-ring (bicyclic) bond motifs is 1. The van der Waals surface area contributed by atoms with E-state index in [2.05, 4.69) is 6.92 Å². The average Bonchev–Trinajstić information content (AvgIpc) is 2.65. The molecular formula is C22H33NO3. The fraction of sp³-hybridized carbons (Fsp3) is 0.636. The average molecular weight is 360 g/mol. The molecule has 1 aromatic heterocycles. The molecule has 0 unspecified atom stereocenters. The summed E-state index contributed by atoms with van der Waals surface area (Å²) in [5.41, 5.74) is 0.133. The maximum absolute atomic E-state index is 12.0. The fourth-order valence-electron chi connectivity index (χ4n) is 3.49. The largest absolute Gasteiger partial charge is 0.422 e. The van der Waals surface area contributed by atoms with Crippen molar-refractivity contribution in [2.24, 2.45) is 0 Å². The predicted octanol–water partition coefficient (Wildman–Crippen LogP) is 5.66. The van der Waals surface area contributed by atoms with Gasteiger partial charge in [-0.3, -0.25) is 4.57 Å². The lowest BCUT2D eigenvalue weighted by Crippen LogP contribution is -2.25. The van der Waals surface area contributed by atoms with Gasteiger partial charge in [-0.05, 0) is 18.6 Å². The molecule has 26 heavy (non-hydrogen) atoms. The number of benzene rings is 1. The minimum absolute atomic E-state index is 0.478. The van der Waals surface area contributed by atoms with E-state index in [0.717, 1.165) is 12.8 Å². The van der Waals surface area contributed by atoms with Crippen LogP contribution in [0.2, 0.25) is 0 Å². The molecule has 0 bridgehead atoms. The summed E-state index contributed by atoms with van der Waals surface area (Å²) in [7, 11) is 0. The Balaban J connectivity index is 1.63. The summed E-state index contributed by atoms with van der Waals surface area (Å²) in [6.45, 7) is 2.87. The number of hydrogen-bond acceptors (Lipinski definition) is 3. The number of nitrogens with zero attached hydrogens (tertiary/aromatic N) is 1. The quantitative estimate of drug-likeness (QED) is 0.434. The van der Waals surface area contributed by atoms with E-state index in [1.54, 1.807) is 16.7 Å². The normalized spacial score (nSPS) is 11.3. The standard InChI is InChI=1S/C22H33NO3/c1-2-3-4-5-6-7-8-9-10-11-12-15-18-23-20-17-14-13-16-19(20)21(24)26-22(23)25/h13-14,16-17H,2-12,15,18H2,1H3. The number of hydrogen-bond donors (Lipinski definition) is 0. The molecule has 0 aliphatic rings. The van der Waals surface area contributed by atoms with Gasteiger partial charge in [0.15, 0.2) is 0 Å². The van der Waals surface area contributed by atoms with Crippen LogP contribution in [0.1, 0.15) is 84.0 Å². The van der Waals surface area contributed by atoms with Crippen molar-refractivity contribution in [3.05, 3.63) is 45.2 Å². The summed E-state index contributed by atoms with van der Waals surface area (Å²) in [5, 5.41) is 0.478. The second-order valence-electron chi connectivity index (χ2n) is 7.21. The maximum Gasteiger partial charge on any atom is 0.422 e. The SMILES string of the molecule is CCCCCCCCCCCCCCn1c(=O)oc(=O)c2ccccc21. The van der Waals surface area contributed by atoms with Crippen molar-refractivity contribution in [1.29, 1.82) is 0 Å². The summed E-state index contributed by atoms with van der Waals surface area (Å²) in [6, 6.07) is 7.16. The van der Waals surface area contributed by atoms with E-state index in [9.17, 15) is 9.59 Å². The van der Waals surface area contributed by atoms with Gasteiger partial charge in [-0.15, -0.1) is 0 Å². The monoisotopic (exact) mass is 359 g/mol. The molecule has 0 N–H and O–H groups in total. The zero-order valence-electron chi connectivity index (χ0n) is 16.2. The highest BCUT2D eigenvalue weighted by Gasteiger charge is 2.08. The van der Waals surface area contributed by atoms with Crippen LogP contribution in [0.15, 0.2) is 38.3 Å². The molecule has 0 amide bonds. The first-order valence-corrected chi connectivity index (χ1v) is 10.4. The van der Waals surface area contributed by atoms with Crippen molar-refractivity contribution in [3.8, 4) is 0 Å². The van der Waals surface area contributed by atoms with Crippen molar-refractivity contribution < 1.29 is 4.42 Å². The molecule has 0 saturated carbocycles. The zero-order chi connectivity index (χ0) is 18.6. The van der Waals surface area contributed by atoms with Crippen molar-refractivity contribution in [1.82, 2.24) is 4.57 Å². The van der Waals surface area contributed by atoms with E-state index in [-0.39, 0.29) is 0 Å². The molecule has 4 heteroatoms. The van der Waals surface area contributed by atoms with Crippen LogP contribution in [0.3, 0.4) is 0 Å². The summed E-state index contributed by atoms with van der Waals surface area (Å²) in [5.74, 6) is -0.545. The van der Waals surface area contributed by atoms with E-state index in [1.807, 2.05) is 12.1 Å². The van der Waals surface area contributed by atoms with Crippen LogP contribution in [0.25, 0.3) is 10.9 Å². The van der Waals surface area contributed by atoms with Crippen LogP contribution in [-0.4, -0.2) is 4.57 Å². The van der Waals surface area contributed by atoms with Gasteiger partial charge in [0.05, 0.1) is 10.9 Å². The van der Waals surface area contributed by atoms with Crippen LogP contribution < -0.4 is 11.4 Å². The molecule has 0 aliphatic carbocycles. The van der Waals surface area contributed by atoms with Gasteiger partial charge in [0, 0.05) is 6.54 Å². The smallest absolute Gasteiger partial charge is 0.372 e. The molecule has 0 atom stereocenters. The third kappa shape index (κ3) is 6.47. The van der Waals surface area contributed by atoms with Gasteiger partial charge < -0.3 is 4.42 Å². The Labute approximate surface area is 156 Å². The van der Waals surface area contributed by atoms with E-state index in [1.165, 1.54) is 64.2 Å². The van der Waals surface area contributed by atoms with E-state index < -0.39 is 11.4 Å². The number of para-hydroxylation sites is 1. The third-order valence-electron chi connectivity index (χ3n) is 5.05. The Morgan fingerprint density at radius 3 is 1.92 bits per heavy atom. The molecule has 144 valence electrons. The van der Waals surface area contributed by atoms with Crippen LogP contribution in [0.5, 0.6) is 0 Å². The number of aryl methyl sites for hydroxylation is 1. The minimum Gasteiger partial charge on any atom is -0.372 e. The molecule has 0 spiro atoms. The highest BCUT2D eigenvalue weighted by molar-refractivity contribution is 5.77. The first-order chi connectivity index (χ1) is 12.7. The molecule has 0 aliphatic heterocycles. The van der Waals surface area contributed by atoms with Crippen molar-refractivity contribution in [2.75, 3.05) is 0 Å². The Bertz CT molecular complexity index is 760. The lowest BCUT2D eigenvalue weighted by Gasteiger charge is -2.08. The Morgan fingerprint density at radius 1 is 0.769 bits per heavy atom. The van der Waals surface area contributed by atoms with Crippen LogP contribution >= 0.6 is 0 Å². The molecular weight excluding hydrogens is 326 g/mol. The van der Waals surface area contributed by atoms with Crippen LogP contribution in [-0.2, 0) is 6.54 Å². The van der Waals surface area contributed by atoms with Gasteiger partial charge in [-0.1, -0.05) is 89.7 Å². The molecule has 2 rings (SSSR count). The second-order valence-corrected chi connectivity index (χ2v) is 7.21. The van der Waals surface area contributed by atoms with E-state index >= 15 is 0 Å². The molecule has 0 fully saturated rings. The molecule has 1 aromatic carbocycles. The van der Waals surface area contributed by atoms with Gasteiger partial charge >= 0.3 is 11.4 Å². The second kappa shape index (κ2) is 11.7. The lowest BCUT2D eigenvalue weighted by molar-refractivity contribution is 0.408. The molecule has 2 aromatic rings. The van der Waals surface area contributed by atoms with Gasteiger partial charge in [0.1, 0.15) is 0 Å². The zero-order valence-corrected chi connectivity index (χ0v) is 16.2. The Morgan fingerprint density at radius 2 is 1.31 bits per heavy atom. The van der Waals surface area contributed by atoms with Gasteiger partial charge in [0.25, 0.3) is 0 Å². The van der Waals surface area contributed by atoms with Gasteiger partial charge in [0.2, 0.25) is 0 Å². The van der Waals surface area contributed by atoms with Crippen molar-refractivity contribution in [2.45, 2.75) is 90.5 Å². The van der Waals surface area contributed by atoms with E-state index in [0.29, 0.717) is 17.4 Å². The molecule has 0 radical (unpaired) electrons. The number of aromatic nitrogens is 1. The van der Waals surface area contributed by atoms with Gasteiger partial charge in [-0.2, -0.15) is 0 Å². The molecule has 4 nitrogen and oxygen atoms in total. The number of rotatable bonds is 13. The predicted molar refractivity (Wildman–Crippen MR) is 108 cm³/mol. The summed E-state index contributed by atoms with van der Waals surface area (Å²) >= 11 is 0. The van der Waals surface area contributed by atoms with Crippen LogP contribution in [0.4, 0.5) is 0 Å². The Kier molecular flexibility index (Phi) is 9.22. The Hall–Kier alpha value is -1.84. The third-order valence-corrected chi connectivity index (χ3v) is 5.05. The molecule has 0 saturated heterocycles. The highest BCUT2D eigenvalue weighted by Crippen LogP contribution is 2.13. The summed E-state index contributed by atoms with van der Waals surface area (Å²) in [6.07, 6.45) is 15.4. The summed E-state index contributed by atoms with van der Waals surface area (Å²) < 4.78 is 6.42. The summed E-state index contributed by atoms with van der Waals surface area (Å²) in [4.78, 5) is 23.7.